The van der Waals surface area contributed by atoms with Gasteiger partial charge in [-0.05, 0) is 30.7 Å². The third-order valence-electron chi connectivity index (χ3n) is 3.26. The lowest BCUT2D eigenvalue weighted by Crippen LogP contribution is -2.19. The van der Waals surface area contributed by atoms with Gasteiger partial charge in [-0.2, -0.15) is 0 Å². The van der Waals surface area contributed by atoms with Crippen LogP contribution >= 0.6 is 0 Å². The first kappa shape index (κ1) is 13.9. The van der Waals surface area contributed by atoms with E-state index in [2.05, 4.69) is 0 Å². The van der Waals surface area contributed by atoms with E-state index in [9.17, 15) is 14.7 Å². The monoisotopic (exact) mass is 273 g/mol. The Kier molecular flexibility index (Phi) is 3.61. The summed E-state index contributed by atoms with van der Waals surface area (Å²) in [6.07, 6.45) is 1.61. The van der Waals surface area contributed by atoms with Crippen molar-refractivity contribution < 1.29 is 19.4 Å². The zero-order valence-corrected chi connectivity index (χ0v) is 11.5. The van der Waals surface area contributed by atoms with Crippen LogP contribution in [-0.4, -0.2) is 36.0 Å². The molecule has 1 aromatic carbocycles. The van der Waals surface area contributed by atoms with E-state index in [0.29, 0.717) is 11.3 Å². The van der Waals surface area contributed by atoms with Crippen molar-refractivity contribution in [2.75, 3.05) is 14.2 Å². The summed E-state index contributed by atoms with van der Waals surface area (Å²) in [6.45, 7) is 1.70. The minimum Gasteiger partial charge on any atom is -0.508 e. The van der Waals surface area contributed by atoms with Crippen molar-refractivity contribution in [2.45, 2.75) is 6.92 Å². The smallest absolute Gasteiger partial charge is 0.340 e. The van der Waals surface area contributed by atoms with Crippen molar-refractivity contribution in [3.63, 3.8) is 0 Å². The molecule has 0 saturated heterocycles. The summed E-state index contributed by atoms with van der Waals surface area (Å²) >= 11 is 0. The average Bonchev–Trinajstić information content (AvgIpc) is 2.65. The number of phenols is 1. The van der Waals surface area contributed by atoms with Crippen LogP contribution in [0.4, 0.5) is 0 Å². The van der Waals surface area contributed by atoms with E-state index in [1.165, 1.54) is 24.1 Å². The summed E-state index contributed by atoms with van der Waals surface area (Å²) in [4.78, 5) is 25.4. The van der Waals surface area contributed by atoms with Crippen LogP contribution in [0.3, 0.4) is 0 Å². The zero-order valence-electron chi connectivity index (χ0n) is 11.5. The standard InChI is InChI=1S/C15H15NO4/c1-9-13(15(19)20-3)12(14(18)16(9)2)8-10-4-6-11(17)7-5-10/h4-8,17H,1-3H3/b12-8-. The number of rotatable bonds is 2. The topological polar surface area (TPSA) is 66.8 Å². The van der Waals surface area contributed by atoms with Crippen LogP contribution in [0.15, 0.2) is 41.1 Å². The SMILES string of the molecule is COC(=O)C1=C(C)N(C)C(=O)/C1=C\c1ccc(O)cc1. The van der Waals surface area contributed by atoms with E-state index < -0.39 is 5.97 Å². The number of benzene rings is 1. The molecular formula is C15H15NO4. The number of nitrogens with zero attached hydrogens (tertiary/aromatic N) is 1. The summed E-state index contributed by atoms with van der Waals surface area (Å²) in [5, 5.41) is 9.25. The number of hydrogen-bond donors (Lipinski definition) is 1. The van der Waals surface area contributed by atoms with Gasteiger partial charge in [0, 0.05) is 12.7 Å². The highest BCUT2D eigenvalue weighted by Gasteiger charge is 2.34. The van der Waals surface area contributed by atoms with Crippen LogP contribution in [-0.2, 0) is 14.3 Å². The van der Waals surface area contributed by atoms with Crippen LogP contribution in [0.5, 0.6) is 5.75 Å². The molecule has 1 amide bonds. The molecular weight excluding hydrogens is 258 g/mol. The lowest BCUT2D eigenvalue weighted by Gasteiger charge is -2.08. The molecule has 1 heterocycles. The van der Waals surface area contributed by atoms with Gasteiger partial charge in [-0.15, -0.1) is 0 Å². The van der Waals surface area contributed by atoms with E-state index in [0.717, 1.165) is 5.56 Å². The van der Waals surface area contributed by atoms with E-state index >= 15 is 0 Å². The molecule has 1 aliphatic rings. The van der Waals surface area contributed by atoms with E-state index in [-0.39, 0.29) is 17.2 Å². The highest BCUT2D eigenvalue weighted by molar-refractivity contribution is 6.16. The minimum absolute atomic E-state index is 0.141. The van der Waals surface area contributed by atoms with Crippen molar-refractivity contribution >= 4 is 18.0 Å². The first-order valence-corrected chi connectivity index (χ1v) is 6.04. The third-order valence-corrected chi connectivity index (χ3v) is 3.26. The Morgan fingerprint density at radius 3 is 2.45 bits per heavy atom. The second-order valence-corrected chi connectivity index (χ2v) is 4.47. The van der Waals surface area contributed by atoms with Gasteiger partial charge in [0.15, 0.2) is 0 Å². The molecule has 0 fully saturated rings. The van der Waals surface area contributed by atoms with Crippen LogP contribution in [0.25, 0.3) is 6.08 Å². The molecule has 104 valence electrons. The van der Waals surface area contributed by atoms with E-state index in [1.807, 2.05) is 0 Å². The quantitative estimate of drug-likeness (QED) is 0.658. The number of phenolic OH excluding ortho intramolecular Hbond substituents is 1. The number of ether oxygens (including phenoxy) is 1. The summed E-state index contributed by atoms with van der Waals surface area (Å²) in [6, 6.07) is 6.37. The first-order chi connectivity index (χ1) is 9.45. The van der Waals surface area contributed by atoms with Gasteiger partial charge in [0.25, 0.3) is 5.91 Å². The van der Waals surface area contributed by atoms with Crippen LogP contribution < -0.4 is 0 Å². The van der Waals surface area contributed by atoms with Crippen molar-refractivity contribution in [1.82, 2.24) is 4.90 Å². The molecule has 0 radical (unpaired) electrons. The predicted molar refractivity (Wildman–Crippen MR) is 73.6 cm³/mol. The maximum absolute atomic E-state index is 12.2. The Labute approximate surface area is 116 Å². The van der Waals surface area contributed by atoms with Crippen LogP contribution in [0.1, 0.15) is 12.5 Å². The fourth-order valence-electron chi connectivity index (χ4n) is 2.03. The normalized spacial score (nSPS) is 17.1. The Balaban J connectivity index is 2.50. The predicted octanol–water partition coefficient (Wildman–Crippen LogP) is 1.69. The third kappa shape index (κ3) is 2.30. The summed E-state index contributed by atoms with van der Waals surface area (Å²) < 4.78 is 4.73. The maximum Gasteiger partial charge on any atom is 0.340 e. The molecule has 0 aromatic heterocycles. The number of methoxy groups -OCH3 is 1. The molecule has 20 heavy (non-hydrogen) atoms. The number of carbonyl (C=O) groups excluding carboxylic acids is 2. The van der Waals surface area contributed by atoms with Crippen molar-refractivity contribution in [2.24, 2.45) is 0 Å². The zero-order chi connectivity index (χ0) is 14.9. The number of aromatic hydroxyl groups is 1. The largest absolute Gasteiger partial charge is 0.508 e. The highest BCUT2D eigenvalue weighted by atomic mass is 16.5. The number of hydrogen-bond acceptors (Lipinski definition) is 4. The molecule has 2 rings (SSSR count). The lowest BCUT2D eigenvalue weighted by atomic mass is 10.0. The number of carbonyl (C=O) groups is 2. The second kappa shape index (κ2) is 5.21. The first-order valence-electron chi connectivity index (χ1n) is 6.04. The Morgan fingerprint density at radius 1 is 1.30 bits per heavy atom. The van der Waals surface area contributed by atoms with Gasteiger partial charge in [0.1, 0.15) is 5.75 Å². The van der Waals surface area contributed by atoms with Gasteiger partial charge in [0.05, 0.1) is 18.3 Å². The molecule has 0 bridgehead atoms. The Bertz CT molecular complexity index is 626. The molecule has 5 heteroatoms. The van der Waals surface area contributed by atoms with Crippen LogP contribution in [0, 0.1) is 0 Å². The minimum atomic E-state index is -0.537. The van der Waals surface area contributed by atoms with Crippen molar-refractivity contribution in [3.05, 3.63) is 46.7 Å². The molecule has 1 aromatic rings. The number of likely N-dealkylation sites (N-methyl/N-ethyl adjacent to an activating group) is 1. The molecule has 0 unspecified atom stereocenters. The fraction of sp³-hybridized carbons (Fsp3) is 0.200. The molecule has 5 nitrogen and oxygen atoms in total. The van der Waals surface area contributed by atoms with Crippen LogP contribution in [0.2, 0.25) is 0 Å². The van der Waals surface area contributed by atoms with Crippen molar-refractivity contribution in [3.8, 4) is 5.75 Å². The Hall–Kier alpha value is -2.56. The number of amides is 1. The Morgan fingerprint density at radius 2 is 1.90 bits per heavy atom. The van der Waals surface area contributed by atoms with Gasteiger partial charge in [-0.25, -0.2) is 4.79 Å². The number of esters is 1. The highest BCUT2D eigenvalue weighted by Crippen LogP contribution is 2.30. The van der Waals surface area contributed by atoms with Gasteiger partial charge in [-0.1, -0.05) is 12.1 Å². The molecule has 0 aliphatic carbocycles. The average molecular weight is 273 g/mol. The summed E-state index contributed by atoms with van der Waals surface area (Å²) in [7, 11) is 2.89. The summed E-state index contributed by atoms with van der Waals surface area (Å²) in [5.74, 6) is -0.650. The van der Waals surface area contributed by atoms with Gasteiger partial charge in [-0.3, -0.25) is 4.79 Å². The molecule has 0 atom stereocenters. The van der Waals surface area contributed by atoms with Gasteiger partial charge >= 0.3 is 5.97 Å². The maximum atomic E-state index is 12.2. The molecule has 0 spiro atoms. The van der Waals surface area contributed by atoms with Gasteiger partial charge in [0.2, 0.25) is 0 Å². The van der Waals surface area contributed by atoms with Crippen molar-refractivity contribution in [1.29, 1.82) is 0 Å². The van der Waals surface area contributed by atoms with Gasteiger partial charge < -0.3 is 14.7 Å². The molecule has 1 aliphatic heterocycles. The second-order valence-electron chi connectivity index (χ2n) is 4.47. The molecule has 1 N–H and O–H groups in total. The van der Waals surface area contributed by atoms with E-state index in [1.54, 1.807) is 32.2 Å². The summed E-state index contributed by atoms with van der Waals surface area (Å²) in [5.41, 5.74) is 1.85. The molecule has 0 saturated carbocycles. The van der Waals surface area contributed by atoms with E-state index in [4.69, 9.17) is 4.74 Å². The number of allylic oxidation sites excluding steroid dienone is 1. The lowest BCUT2D eigenvalue weighted by molar-refractivity contribution is -0.136. The fourth-order valence-corrected chi connectivity index (χ4v) is 2.03.